The molecule has 1 saturated carbocycles. The average molecular weight is 601 g/mol. The van der Waals surface area contributed by atoms with Crippen LogP contribution in [-0.2, 0) is 11.2 Å². The number of aryl methyl sites for hydroxylation is 1. The van der Waals surface area contributed by atoms with Crippen LogP contribution in [0.15, 0.2) is 58.9 Å². The van der Waals surface area contributed by atoms with Gasteiger partial charge in [-0.25, -0.2) is 23.1 Å². The smallest absolute Gasteiger partial charge is 0.349 e. The number of hydrogen-bond donors (Lipinski definition) is 0. The number of carbonyl (C=O) groups is 1. The Kier molecular flexibility index (Phi) is 6.80. The van der Waals surface area contributed by atoms with Crippen molar-refractivity contribution in [2.45, 2.75) is 56.0 Å². The van der Waals surface area contributed by atoms with E-state index in [2.05, 4.69) is 16.5 Å². The van der Waals surface area contributed by atoms with E-state index < -0.39 is 17.3 Å². The number of pyridine rings is 2. The van der Waals surface area contributed by atoms with Gasteiger partial charge in [0.2, 0.25) is 5.91 Å². The molecular formula is C32H30F2N6O2S. The maximum absolute atomic E-state index is 16.2. The van der Waals surface area contributed by atoms with E-state index in [4.69, 9.17) is 4.98 Å². The van der Waals surface area contributed by atoms with Crippen LogP contribution >= 0.6 is 11.8 Å². The molecule has 8 nitrogen and oxygen atoms in total. The Hall–Kier alpha value is -4.12. The van der Waals surface area contributed by atoms with Gasteiger partial charge in [-0.1, -0.05) is 32.6 Å². The largest absolute Gasteiger partial charge is 0.355 e. The van der Waals surface area contributed by atoms with Gasteiger partial charge in [0, 0.05) is 29.7 Å². The number of aromatic nitrogens is 4. The standard InChI is InChI=1S/C32H30F2N6O2S/c1-4-25(41)38-12-13-39(23-16-22(23)38)30-19-15-21(34)28-26-18(7-5-9-20(26)33)8-6-14-43-24-10-11-35-27(17(2)3)29(24)40(31(19)36-28)32(42)37-30/h4-5,7,9-11,15,17,22-23H,1,6,8,12-14,16H2,2-3H3/t22-,23+/m1/s1. The molecule has 0 radical (unpaired) electrons. The highest BCUT2D eigenvalue weighted by Gasteiger charge is 2.51. The zero-order valence-corrected chi connectivity index (χ0v) is 24.7. The molecule has 5 heterocycles. The summed E-state index contributed by atoms with van der Waals surface area (Å²) in [5.41, 5.74) is 1.52. The second-order valence-corrected chi connectivity index (χ2v) is 12.6. The number of fused-ring (bicyclic) bond motifs is 6. The molecule has 4 aromatic rings. The molecule has 2 atom stereocenters. The number of rotatable bonds is 3. The van der Waals surface area contributed by atoms with Crippen molar-refractivity contribution in [3.05, 3.63) is 82.6 Å². The Morgan fingerprint density at radius 1 is 1.14 bits per heavy atom. The van der Waals surface area contributed by atoms with E-state index in [0.29, 0.717) is 66.3 Å². The first kappa shape index (κ1) is 27.7. The number of hydrogen-bond acceptors (Lipinski definition) is 7. The summed E-state index contributed by atoms with van der Waals surface area (Å²) in [5, 5.41) is 0.347. The summed E-state index contributed by atoms with van der Waals surface area (Å²) in [6.45, 7) is 8.45. The van der Waals surface area contributed by atoms with Crippen LogP contribution in [0.3, 0.4) is 0 Å². The minimum absolute atomic E-state index is 0.0362. The SMILES string of the molecule is C=CC(=O)N1CCN(c2nc(=O)n3c4nc(c(F)cc24)-c2c(F)cccc2CCCSc2ccnc(C(C)C)c2-3)[C@H]2C[C@H]21. The van der Waals surface area contributed by atoms with E-state index in [9.17, 15) is 9.59 Å². The van der Waals surface area contributed by atoms with Crippen LogP contribution in [0.25, 0.3) is 28.0 Å². The second kappa shape index (κ2) is 10.6. The quantitative estimate of drug-likeness (QED) is 0.297. The molecule has 2 bridgehead atoms. The average Bonchev–Trinajstić information content (AvgIpc) is 3.79. The lowest BCUT2D eigenvalue weighted by Gasteiger charge is -2.35. The lowest BCUT2D eigenvalue weighted by Crippen LogP contribution is -2.49. The highest BCUT2D eigenvalue weighted by molar-refractivity contribution is 7.99. The molecule has 11 heteroatoms. The fraction of sp³-hybridized carbons (Fsp3) is 0.344. The van der Waals surface area contributed by atoms with Crippen LogP contribution < -0.4 is 10.6 Å². The number of amides is 1. The van der Waals surface area contributed by atoms with Crippen molar-refractivity contribution in [1.82, 2.24) is 24.4 Å². The Morgan fingerprint density at radius 2 is 1.98 bits per heavy atom. The van der Waals surface area contributed by atoms with Gasteiger partial charge in [0.1, 0.15) is 23.1 Å². The Balaban J connectivity index is 1.53. The molecule has 1 amide bonds. The number of thioether (sulfide) groups is 1. The third kappa shape index (κ3) is 4.52. The van der Waals surface area contributed by atoms with Gasteiger partial charge >= 0.3 is 5.69 Å². The molecule has 0 N–H and O–H groups in total. The molecule has 1 aromatic carbocycles. The van der Waals surface area contributed by atoms with Gasteiger partial charge in [-0.3, -0.25) is 9.78 Å². The molecule has 220 valence electrons. The Labute approximate surface area is 251 Å². The predicted octanol–water partition coefficient (Wildman–Crippen LogP) is 5.26. The fourth-order valence-corrected chi connectivity index (χ4v) is 7.44. The molecule has 0 spiro atoms. The van der Waals surface area contributed by atoms with Crippen LogP contribution in [0.1, 0.15) is 43.9 Å². The van der Waals surface area contributed by atoms with E-state index in [1.54, 1.807) is 35.0 Å². The fourth-order valence-electron chi connectivity index (χ4n) is 6.44. The molecule has 1 aliphatic carbocycles. The maximum atomic E-state index is 16.2. The van der Waals surface area contributed by atoms with Crippen LogP contribution in [0.4, 0.5) is 14.6 Å². The van der Waals surface area contributed by atoms with Gasteiger partial charge in [0.25, 0.3) is 0 Å². The van der Waals surface area contributed by atoms with Crippen molar-refractivity contribution in [2.24, 2.45) is 0 Å². The van der Waals surface area contributed by atoms with E-state index in [-0.39, 0.29) is 40.8 Å². The first-order chi connectivity index (χ1) is 20.8. The summed E-state index contributed by atoms with van der Waals surface area (Å²) in [5.74, 6) is -0.410. The Bertz CT molecular complexity index is 1880. The third-order valence-electron chi connectivity index (χ3n) is 8.51. The first-order valence-electron chi connectivity index (χ1n) is 14.5. The molecule has 7 rings (SSSR count). The zero-order valence-electron chi connectivity index (χ0n) is 23.9. The number of anilines is 1. The van der Waals surface area contributed by atoms with Gasteiger partial charge in [-0.05, 0) is 60.8 Å². The molecule has 43 heavy (non-hydrogen) atoms. The van der Waals surface area contributed by atoms with Crippen molar-refractivity contribution in [3.8, 4) is 16.9 Å². The summed E-state index contributed by atoms with van der Waals surface area (Å²) in [6.07, 6.45) is 5.01. The van der Waals surface area contributed by atoms with Gasteiger partial charge in [-0.15, -0.1) is 11.8 Å². The topological polar surface area (TPSA) is 84.2 Å². The number of halogens is 2. The van der Waals surface area contributed by atoms with Crippen molar-refractivity contribution in [2.75, 3.05) is 23.7 Å². The normalized spacial score (nSPS) is 19.4. The van der Waals surface area contributed by atoms with Crippen molar-refractivity contribution >= 4 is 34.5 Å². The van der Waals surface area contributed by atoms with E-state index in [0.717, 1.165) is 4.90 Å². The molecule has 3 aromatic heterocycles. The highest BCUT2D eigenvalue weighted by Crippen LogP contribution is 2.42. The number of benzene rings is 1. The summed E-state index contributed by atoms with van der Waals surface area (Å²) in [4.78, 5) is 45.1. The summed E-state index contributed by atoms with van der Waals surface area (Å²) < 4.78 is 33.0. The Morgan fingerprint density at radius 3 is 2.77 bits per heavy atom. The zero-order chi connectivity index (χ0) is 30.0. The molecule has 0 unspecified atom stereocenters. The van der Waals surface area contributed by atoms with Gasteiger partial charge in [-0.2, -0.15) is 4.98 Å². The monoisotopic (exact) mass is 600 g/mol. The van der Waals surface area contributed by atoms with E-state index in [1.807, 2.05) is 24.8 Å². The van der Waals surface area contributed by atoms with Crippen LogP contribution in [0, 0.1) is 11.6 Å². The van der Waals surface area contributed by atoms with E-state index >= 15 is 8.78 Å². The molecule has 2 fully saturated rings. The molecular weight excluding hydrogens is 570 g/mol. The molecule has 3 aliphatic rings. The molecule has 1 saturated heterocycles. The third-order valence-corrected chi connectivity index (χ3v) is 9.64. The number of nitrogens with zero attached hydrogens (tertiary/aromatic N) is 6. The number of carbonyl (C=O) groups excluding carboxylic acids is 1. The first-order valence-corrected chi connectivity index (χ1v) is 15.5. The summed E-state index contributed by atoms with van der Waals surface area (Å²) in [7, 11) is 0. The predicted molar refractivity (Wildman–Crippen MR) is 163 cm³/mol. The lowest BCUT2D eigenvalue weighted by molar-refractivity contribution is -0.126. The van der Waals surface area contributed by atoms with Gasteiger partial charge < -0.3 is 9.80 Å². The highest BCUT2D eigenvalue weighted by atomic mass is 32.2. The maximum Gasteiger partial charge on any atom is 0.355 e. The second-order valence-electron chi connectivity index (χ2n) is 11.5. The van der Waals surface area contributed by atoms with Crippen molar-refractivity contribution in [3.63, 3.8) is 0 Å². The van der Waals surface area contributed by atoms with Crippen molar-refractivity contribution in [1.29, 1.82) is 0 Å². The minimum Gasteiger partial charge on any atom is -0.349 e. The minimum atomic E-state index is -0.693. The summed E-state index contributed by atoms with van der Waals surface area (Å²) >= 11 is 1.60. The van der Waals surface area contributed by atoms with E-state index in [1.165, 1.54) is 22.8 Å². The number of piperazine rings is 1. The van der Waals surface area contributed by atoms with Gasteiger partial charge in [0.15, 0.2) is 5.65 Å². The van der Waals surface area contributed by atoms with Crippen LogP contribution in [0.5, 0.6) is 0 Å². The van der Waals surface area contributed by atoms with Gasteiger partial charge in [0.05, 0.1) is 28.9 Å². The van der Waals surface area contributed by atoms with Crippen LogP contribution in [-0.4, -0.2) is 61.3 Å². The van der Waals surface area contributed by atoms with Crippen molar-refractivity contribution < 1.29 is 13.6 Å². The summed E-state index contributed by atoms with van der Waals surface area (Å²) in [6, 6.07) is 7.85. The lowest BCUT2D eigenvalue weighted by atomic mass is 9.99. The molecule has 2 aliphatic heterocycles. The van der Waals surface area contributed by atoms with Crippen LogP contribution in [0.2, 0.25) is 0 Å².